The molecule has 1 N–H and O–H groups in total. The molecule has 0 saturated heterocycles. The summed E-state index contributed by atoms with van der Waals surface area (Å²) >= 11 is 0. The lowest BCUT2D eigenvalue weighted by Crippen LogP contribution is -2.27. The van der Waals surface area contributed by atoms with Gasteiger partial charge in [-0.2, -0.15) is 0 Å². The molecule has 25 heavy (non-hydrogen) atoms. The van der Waals surface area contributed by atoms with Crippen molar-refractivity contribution < 1.29 is 14.3 Å². The summed E-state index contributed by atoms with van der Waals surface area (Å²) in [4.78, 5) is 12.0. The first-order valence-electron chi connectivity index (χ1n) is 8.44. The maximum atomic E-state index is 12.0. The highest BCUT2D eigenvalue weighted by molar-refractivity contribution is 5.78. The fourth-order valence-corrected chi connectivity index (χ4v) is 2.41. The van der Waals surface area contributed by atoms with Crippen LogP contribution in [-0.4, -0.2) is 26.2 Å². The standard InChI is InChI=1S/C21H25NO3/c1-3-4-14-25-20-15-18(10-11-19(20)24-2)12-13-22-21(23)16-17-8-6-5-7-9-17/h3-11,15H,12-14,16H2,1-2H3,(H,22,23)/b4-3+. The van der Waals surface area contributed by atoms with Gasteiger partial charge in [-0.15, -0.1) is 0 Å². The molecule has 0 spiro atoms. The van der Waals surface area contributed by atoms with Crippen LogP contribution >= 0.6 is 0 Å². The van der Waals surface area contributed by atoms with Crippen molar-refractivity contribution in [3.8, 4) is 11.5 Å². The highest BCUT2D eigenvalue weighted by atomic mass is 16.5. The summed E-state index contributed by atoms with van der Waals surface area (Å²) in [5.41, 5.74) is 2.11. The maximum absolute atomic E-state index is 12.0. The van der Waals surface area contributed by atoms with E-state index in [0.29, 0.717) is 31.1 Å². The Balaban J connectivity index is 1.85. The fourth-order valence-electron chi connectivity index (χ4n) is 2.41. The minimum atomic E-state index is 0.0317. The molecule has 2 rings (SSSR count). The molecule has 2 aromatic rings. The first-order valence-corrected chi connectivity index (χ1v) is 8.44. The highest BCUT2D eigenvalue weighted by Crippen LogP contribution is 2.28. The Morgan fingerprint density at radius 2 is 1.88 bits per heavy atom. The van der Waals surface area contributed by atoms with E-state index in [9.17, 15) is 4.79 Å². The molecule has 0 unspecified atom stereocenters. The zero-order valence-electron chi connectivity index (χ0n) is 14.8. The highest BCUT2D eigenvalue weighted by Gasteiger charge is 2.07. The van der Waals surface area contributed by atoms with Gasteiger partial charge in [-0.1, -0.05) is 48.6 Å². The zero-order valence-corrected chi connectivity index (χ0v) is 14.8. The van der Waals surface area contributed by atoms with Gasteiger partial charge in [0.05, 0.1) is 13.5 Å². The van der Waals surface area contributed by atoms with E-state index in [4.69, 9.17) is 9.47 Å². The molecule has 0 aromatic heterocycles. The third-order valence-electron chi connectivity index (χ3n) is 3.74. The van der Waals surface area contributed by atoms with Crippen LogP contribution in [0.5, 0.6) is 11.5 Å². The summed E-state index contributed by atoms with van der Waals surface area (Å²) < 4.78 is 11.0. The molecule has 0 radical (unpaired) electrons. The second-order valence-electron chi connectivity index (χ2n) is 5.63. The quantitative estimate of drug-likeness (QED) is 0.711. The summed E-state index contributed by atoms with van der Waals surface area (Å²) in [5.74, 6) is 1.46. The van der Waals surface area contributed by atoms with Crippen molar-refractivity contribution in [3.63, 3.8) is 0 Å². The summed E-state index contributed by atoms with van der Waals surface area (Å²) in [5, 5.41) is 2.96. The van der Waals surface area contributed by atoms with Crippen molar-refractivity contribution in [2.24, 2.45) is 0 Å². The van der Waals surface area contributed by atoms with Gasteiger partial charge >= 0.3 is 0 Å². The molecule has 4 nitrogen and oxygen atoms in total. The predicted octanol–water partition coefficient (Wildman–Crippen LogP) is 3.55. The van der Waals surface area contributed by atoms with Crippen molar-refractivity contribution >= 4 is 5.91 Å². The van der Waals surface area contributed by atoms with Gasteiger partial charge in [-0.3, -0.25) is 4.79 Å². The van der Waals surface area contributed by atoms with Crippen LogP contribution in [0.25, 0.3) is 0 Å². The molecule has 0 fully saturated rings. The predicted molar refractivity (Wildman–Crippen MR) is 100 cm³/mol. The molecule has 0 heterocycles. The van der Waals surface area contributed by atoms with E-state index in [2.05, 4.69) is 5.32 Å². The summed E-state index contributed by atoms with van der Waals surface area (Å²) in [6, 6.07) is 15.6. The van der Waals surface area contributed by atoms with Crippen LogP contribution < -0.4 is 14.8 Å². The number of hydrogen-bond acceptors (Lipinski definition) is 3. The van der Waals surface area contributed by atoms with Crippen molar-refractivity contribution in [2.75, 3.05) is 20.3 Å². The third-order valence-corrected chi connectivity index (χ3v) is 3.74. The van der Waals surface area contributed by atoms with Gasteiger partial charge in [0, 0.05) is 6.54 Å². The number of rotatable bonds is 9. The first-order chi connectivity index (χ1) is 12.2. The van der Waals surface area contributed by atoms with Crippen LogP contribution in [-0.2, 0) is 17.6 Å². The van der Waals surface area contributed by atoms with E-state index in [0.717, 1.165) is 17.5 Å². The Morgan fingerprint density at radius 3 is 2.60 bits per heavy atom. The lowest BCUT2D eigenvalue weighted by molar-refractivity contribution is -0.120. The lowest BCUT2D eigenvalue weighted by atomic mass is 10.1. The van der Waals surface area contributed by atoms with Gasteiger partial charge < -0.3 is 14.8 Å². The molecule has 0 saturated carbocycles. The van der Waals surface area contributed by atoms with Gasteiger partial charge in [0.25, 0.3) is 0 Å². The third kappa shape index (κ3) is 6.34. The number of methoxy groups -OCH3 is 1. The van der Waals surface area contributed by atoms with E-state index in [1.807, 2.05) is 67.6 Å². The SMILES string of the molecule is C/C=C/COc1cc(CCNC(=O)Cc2ccccc2)ccc1OC. The van der Waals surface area contributed by atoms with Crippen molar-refractivity contribution in [1.82, 2.24) is 5.32 Å². The average Bonchev–Trinajstić information content (AvgIpc) is 2.63. The van der Waals surface area contributed by atoms with Crippen molar-refractivity contribution in [1.29, 1.82) is 0 Å². The molecule has 1 amide bonds. The number of nitrogens with one attached hydrogen (secondary N) is 1. The van der Waals surface area contributed by atoms with Gasteiger partial charge in [0.15, 0.2) is 11.5 Å². The second kappa shape index (κ2) is 10.2. The second-order valence-corrected chi connectivity index (χ2v) is 5.63. The molecule has 2 aromatic carbocycles. The Bertz CT molecular complexity index is 696. The van der Waals surface area contributed by atoms with E-state index in [1.54, 1.807) is 7.11 Å². The normalized spacial score (nSPS) is 10.6. The summed E-state index contributed by atoms with van der Waals surface area (Å²) in [7, 11) is 1.63. The van der Waals surface area contributed by atoms with Crippen LogP contribution in [0.1, 0.15) is 18.1 Å². The Morgan fingerprint density at radius 1 is 1.08 bits per heavy atom. The van der Waals surface area contributed by atoms with E-state index in [1.165, 1.54) is 0 Å². The molecular formula is C21H25NO3. The van der Waals surface area contributed by atoms with Crippen molar-refractivity contribution in [3.05, 3.63) is 71.8 Å². The number of allylic oxidation sites excluding steroid dienone is 1. The number of carbonyl (C=O) groups excluding carboxylic acids is 1. The van der Waals surface area contributed by atoms with Crippen LogP contribution in [0.2, 0.25) is 0 Å². The molecule has 0 atom stereocenters. The van der Waals surface area contributed by atoms with Gasteiger partial charge in [-0.25, -0.2) is 0 Å². The van der Waals surface area contributed by atoms with Gasteiger partial charge in [-0.05, 0) is 36.6 Å². The van der Waals surface area contributed by atoms with Crippen molar-refractivity contribution in [2.45, 2.75) is 19.8 Å². The Kier molecular flexibility index (Phi) is 7.57. The van der Waals surface area contributed by atoms with Crippen LogP contribution in [0.15, 0.2) is 60.7 Å². The molecule has 132 valence electrons. The number of amides is 1. The van der Waals surface area contributed by atoms with E-state index >= 15 is 0 Å². The molecular weight excluding hydrogens is 314 g/mol. The summed E-state index contributed by atoms with van der Waals surface area (Å²) in [6.45, 7) is 3.05. The molecule has 0 aliphatic rings. The largest absolute Gasteiger partial charge is 0.493 e. The number of hydrogen-bond donors (Lipinski definition) is 1. The zero-order chi connectivity index (χ0) is 17.9. The topological polar surface area (TPSA) is 47.6 Å². The van der Waals surface area contributed by atoms with Crippen LogP contribution in [0.4, 0.5) is 0 Å². The van der Waals surface area contributed by atoms with E-state index in [-0.39, 0.29) is 5.91 Å². The fraction of sp³-hybridized carbons (Fsp3) is 0.286. The first kappa shape index (κ1) is 18.6. The van der Waals surface area contributed by atoms with Crippen LogP contribution in [0, 0.1) is 0 Å². The van der Waals surface area contributed by atoms with Gasteiger partial charge in [0.1, 0.15) is 6.61 Å². The molecule has 0 aliphatic heterocycles. The Labute approximate surface area is 149 Å². The average molecular weight is 339 g/mol. The minimum Gasteiger partial charge on any atom is -0.493 e. The minimum absolute atomic E-state index is 0.0317. The number of benzene rings is 2. The van der Waals surface area contributed by atoms with Gasteiger partial charge in [0.2, 0.25) is 5.91 Å². The number of ether oxygens (including phenoxy) is 2. The number of carbonyl (C=O) groups is 1. The van der Waals surface area contributed by atoms with E-state index < -0.39 is 0 Å². The van der Waals surface area contributed by atoms with Crippen LogP contribution in [0.3, 0.4) is 0 Å². The Hall–Kier alpha value is -2.75. The monoisotopic (exact) mass is 339 g/mol. The summed E-state index contributed by atoms with van der Waals surface area (Å²) in [6.07, 6.45) is 5.03. The molecule has 4 heteroatoms. The smallest absolute Gasteiger partial charge is 0.224 e. The maximum Gasteiger partial charge on any atom is 0.224 e. The lowest BCUT2D eigenvalue weighted by Gasteiger charge is -2.11. The molecule has 0 bridgehead atoms. The molecule has 0 aliphatic carbocycles.